The van der Waals surface area contributed by atoms with Gasteiger partial charge in [0.15, 0.2) is 0 Å². The van der Waals surface area contributed by atoms with Crippen LogP contribution in [0.1, 0.15) is 17.2 Å². The summed E-state index contributed by atoms with van der Waals surface area (Å²) in [4.78, 5) is 11.5. The Kier molecular flexibility index (Phi) is 3.23. The van der Waals surface area contributed by atoms with E-state index >= 15 is 0 Å². The molecule has 3 N–H and O–H groups in total. The van der Waals surface area contributed by atoms with E-state index in [1.54, 1.807) is 6.07 Å². The van der Waals surface area contributed by atoms with Gasteiger partial charge in [-0.25, -0.2) is 0 Å². The van der Waals surface area contributed by atoms with Crippen molar-refractivity contribution < 1.29 is 9.53 Å². The van der Waals surface area contributed by atoms with E-state index in [1.807, 2.05) is 37.3 Å². The number of anilines is 1. The number of nitrogens with two attached hydrogens (primary N) is 1. The van der Waals surface area contributed by atoms with Crippen molar-refractivity contribution in [1.29, 1.82) is 0 Å². The third kappa shape index (κ3) is 2.30. The maximum atomic E-state index is 11.5. The molecular weight excluding hydrogens is 320 g/mol. The summed E-state index contributed by atoms with van der Waals surface area (Å²) in [7, 11) is 0. The van der Waals surface area contributed by atoms with Crippen LogP contribution in [0.25, 0.3) is 0 Å². The van der Waals surface area contributed by atoms with Gasteiger partial charge in [0.25, 0.3) is 0 Å². The highest BCUT2D eigenvalue weighted by atomic mass is 79.9. The lowest BCUT2D eigenvalue weighted by atomic mass is 10.1. The van der Waals surface area contributed by atoms with Crippen molar-refractivity contribution in [3.05, 3.63) is 52.0 Å². The predicted octanol–water partition coefficient (Wildman–Crippen LogP) is 3.50. The molecule has 1 heterocycles. The molecule has 5 heteroatoms. The average Bonchev–Trinajstić information content (AvgIpc) is 2.69. The standard InChI is InChI=1S/C15H13BrN2O2/c1-8-6-9(3-5-12(8)16)20-10-2-4-11-13(7-10)18-15(19)14(11)17/h2-7,14H,17H2,1H3,(H,18,19). The molecule has 0 fully saturated rings. The van der Waals surface area contributed by atoms with E-state index in [2.05, 4.69) is 21.2 Å². The van der Waals surface area contributed by atoms with Crippen molar-refractivity contribution in [2.75, 3.05) is 5.32 Å². The minimum atomic E-state index is -0.589. The van der Waals surface area contributed by atoms with Crippen molar-refractivity contribution in [3.63, 3.8) is 0 Å². The van der Waals surface area contributed by atoms with E-state index < -0.39 is 6.04 Å². The van der Waals surface area contributed by atoms with E-state index in [-0.39, 0.29) is 5.91 Å². The highest BCUT2D eigenvalue weighted by Gasteiger charge is 2.27. The number of carbonyl (C=O) groups excluding carboxylic acids is 1. The monoisotopic (exact) mass is 332 g/mol. The van der Waals surface area contributed by atoms with Gasteiger partial charge in [-0.2, -0.15) is 0 Å². The number of benzene rings is 2. The second-order valence-corrected chi connectivity index (χ2v) is 5.58. The van der Waals surface area contributed by atoms with Crippen LogP contribution < -0.4 is 15.8 Å². The van der Waals surface area contributed by atoms with E-state index in [4.69, 9.17) is 10.5 Å². The topological polar surface area (TPSA) is 64.3 Å². The van der Waals surface area contributed by atoms with Crippen LogP contribution in [0, 0.1) is 6.92 Å². The van der Waals surface area contributed by atoms with Crippen LogP contribution in [0.3, 0.4) is 0 Å². The summed E-state index contributed by atoms with van der Waals surface area (Å²) in [6.45, 7) is 2.00. The highest BCUT2D eigenvalue weighted by Crippen LogP contribution is 2.34. The Hall–Kier alpha value is -1.85. The summed E-state index contributed by atoms with van der Waals surface area (Å²) in [6, 6.07) is 10.6. The number of rotatable bonds is 2. The van der Waals surface area contributed by atoms with Gasteiger partial charge in [-0.3, -0.25) is 4.79 Å². The molecule has 1 unspecified atom stereocenters. The molecule has 0 radical (unpaired) electrons. The van der Waals surface area contributed by atoms with Crippen LogP contribution >= 0.6 is 15.9 Å². The van der Waals surface area contributed by atoms with Crippen molar-refractivity contribution in [2.24, 2.45) is 5.73 Å². The lowest BCUT2D eigenvalue weighted by Crippen LogP contribution is -2.19. The highest BCUT2D eigenvalue weighted by molar-refractivity contribution is 9.10. The predicted molar refractivity (Wildman–Crippen MR) is 81.0 cm³/mol. The Bertz CT molecular complexity index is 700. The number of carbonyl (C=O) groups is 1. The molecule has 0 bridgehead atoms. The Morgan fingerprint density at radius 1 is 1.20 bits per heavy atom. The summed E-state index contributed by atoms with van der Waals surface area (Å²) >= 11 is 3.45. The summed E-state index contributed by atoms with van der Waals surface area (Å²) in [5.74, 6) is 1.23. The fourth-order valence-corrected chi connectivity index (χ4v) is 2.39. The first kappa shape index (κ1) is 13.1. The van der Waals surface area contributed by atoms with Crippen LogP contribution in [0.15, 0.2) is 40.9 Å². The maximum Gasteiger partial charge on any atom is 0.245 e. The Balaban J connectivity index is 1.87. The average molecular weight is 333 g/mol. The Morgan fingerprint density at radius 3 is 2.65 bits per heavy atom. The Morgan fingerprint density at radius 2 is 1.90 bits per heavy atom. The maximum absolute atomic E-state index is 11.5. The van der Waals surface area contributed by atoms with Crippen LogP contribution in [-0.4, -0.2) is 5.91 Å². The van der Waals surface area contributed by atoms with Crippen LogP contribution in [0.2, 0.25) is 0 Å². The molecule has 2 aromatic carbocycles. The molecule has 0 aliphatic carbocycles. The van der Waals surface area contributed by atoms with Crippen LogP contribution in [0.5, 0.6) is 11.5 Å². The second-order valence-electron chi connectivity index (χ2n) is 4.73. The molecule has 0 saturated carbocycles. The molecule has 1 amide bonds. The van der Waals surface area contributed by atoms with E-state index in [0.29, 0.717) is 11.4 Å². The van der Waals surface area contributed by atoms with Crippen molar-refractivity contribution in [1.82, 2.24) is 0 Å². The molecule has 0 spiro atoms. The van der Waals surface area contributed by atoms with Gasteiger partial charge in [0, 0.05) is 21.8 Å². The summed E-state index contributed by atoms with van der Waals surface area (Å²) < 4.78 is 6.84. The molecule has 4 nitrogen and oxygen atoms in total. The van der Waals surface area contributed by atoms with Gasteiger partial charge in [-0.15, -0.1) is 0 Å². The number of fused-ring (bicyclic) bond motifs is 1. The quantitative estimate of drug-likeness (QED) is 0.884. The molecule has 0 aromatic heterocycles. The van der Waals surface area contributed by atoms with Gasteiger partial charge in [0.05, 0.1) is 0 Å². The van der Waals surface area contributed by atoms with Gasteiger partial charge in [0.2, 0.25) is 5.91 Å². The minimum Gasteiger partial charge on any atom is -0.457 e. The molecule has 1 atom stereocenters. The van der Waals surface area contributed by atoms with Crippen LogP contribution in [-0.2, 0) is 4.79 Å². The van der Waals surface area contributed by atoms with Crippen molar-refractivity contribution in [3.8, 4) is 11.5 Å². The normalized spacial score (nSPS) is 16.8. The fraction of sp³-hybridized carbons (Fsp3) is 0.133. The lowest BCUT2D eigenvalue weighted by Gasteiger charge is -2.09. The molecule has 20 heavy (non-hydrogen) atoms. The van der Waals surface area contributed by atoms with Gasteiger partial charge in [0.1, 0.15) is 17.5 Å². The van der Waals surface area contributed by atoms with Crippen molar-refractivity contribution >= 4 is 27.5 Å². The zero-order valence-corrected chi connectivity index (χ0v) is 12.4. The zero-order valence-electron chi connectivity index (χ0n) is 10.8. The van der Waals surface area contributed by atoms with Gasteiger partial charge < -0.3 is 15.8 Å². The smallest absolute Gasteiger partial charge is 0.245 e. The summed E-state index contributed by atoms with van der Waals surface area (Å²) in [5.41, 5.74) is 8.38. The third-order valence-electron chi connectivity index (χ3n) is 3.27. The first-order chi connectivity index (χ1) is 9.54. The number of hydrogen-bond donors (Lipinski definition) is 2. The SMILES string of the molecule is Cc1cc(Oc2ccc3c(c2)NC(=O)C3N)ccc1Br. The van der Waals surface area contributed by atoms with Crippen molar-refractivity contribution in [2.45, 2.75) is 13.0 Å². The van der Waals surface area contributed by atoms with E-state index in [1.165, 1.54) is 0 Å². The fourth-order valence-electron chi connectivity index (χ4n) is 2.15. The van der Waals surface area contributed by atoms with Gasteiger partial charge in [-0.05, 0) is 36.8 Å². The number of halogens is 1. The lowest BCUT2D eigenvalue weighted by molar-refractivity contribution is -0.116. The molecule has 2 aromatic rings. The Labute approximate surface area is 125 Å². The van der Waals surface area contributed by atoms with E-state index in [0.717, 1.165) is 21.3 Å². The molecular formula is C15H13BrN2O2. The first-order valence-electron chi connectivity index (χ1n) is 6.19. The molecule has 1 aliphatic rings. The second kappa shape index (κ2) is 4.92. The third-order valence-corrected chi connectivity index (χ3v) is 4.16. The summed E-state index contributed by atoms with van der Waals surface area (Å²) in [5, 5.41) is 2.74. The van der Waals surface area contributed by atoms with Gasteiger partial charge >= 0.3 is 0 Å². The zero-order chi connectivity index (χ0) is 14.3. The molecule has 102 valence electrons. The molecule has 0 saturated heterocycles. The minimum absolute atomic E-state index is 0.184. The summed E-state index contributed by atoms with van der Waals surface area (Å²) in [6.07, 6.45) is 0. The largest absolute Gasteiger partial charge is 0.457 e. The van der Waals surface area contributed by atoms with Crippen LogP contribution in [0.4, 0.5) is 5.69 Å². The first-order valence-corrected chi connectivity index (χ1v) is 6.98. The number of nitrogens with one attached hydrogen (secondary N) is 1. The number of aryl methyl sites for hydroxylation is 1. The number of hydrogen-bond acceptors (Lipinski definition) is 3. The van der Waals surface area contributed by atoms with E-state index in [9.17, 15) is 4.79 Å². The molecule has 3 rings (SSSR count). The molecule has 1 aliphatic heterocycles. The number of amides is 1. The van der Waals surface area contributed by atoms with Gasteiger partial charge in [-0.1, -0.05) is 22.0 Å². The number of ether oxygens (including phenoxy) is 1.